The average molecular weight is 255 g/mol. The van der Waals surface area contributed by atoms with Crippen molar-refractivity contribution in [2.75, 3.05) is 5.32 Å². The molecule has 0 unspecified atom stereocenters. The van der Waals surface area contributed by atoms with Crippen LogP contribution in [0.25, 0.3) is 0 Å². The van der Waals surface area contributed by atoms with Gasteiger partial charge in [-0.1, -0.05) is 31.0 Å². The first kappa shape index (κ1) is 14.0. The molecule has 1 aromatic carbocycles. The topological polar surface area (TPSA) is 55.1 Å². The second-order valence-electron chi connectivity index (χ2n) is 4.63. The number of carbonyl (C=O) groups is 1. The molecule has 0 spiro atoms. The Morgan fingerprint density at radius 3 is 2.47 bits per heavy atom. The summed E-state index contributed by atoms with van der Waals surface area (Å²) in [5, 5.41) is 2.93. The van der Waals surface area contributed by atoms with Crippen molar-refractivity contribution < 1.29 is 4.79 Å². The number of benzene rings is 1. The number of carbonyl (C=O) groups excluding carboxylic acids is 1. The molecule has 1 fully saturated rings. The van der Waals surface area contributed by atoms with Crippen molar-refractivity contribution in [2.45, 2.75) is 38.1 Å². The lowest BCUT2D eigenvalue weighted by Gasteiger charge is -2.22. The largest absolute Gasteiger partial charge is 0.324 e. The average Bonchev–Trinajstić information content (AvgIpc) is 2.70. The summed E-state index contributed by atoms with van der Waals surface area (Å²) in [4.78, 5) is 12.1. The SMILES string of the molecule is Cc1ccccc1NC(=O)C1(N)CCCC1.Cl. The van der Waals surface area contributed by atoms with Crippen molar-refractivity contribution >= 4 is 24.0 Å². The number of rotatable bonds is 2. The molecule has 3 nitrogen and oxygen atoms in total. The number of amides is 1. The van der Waals surface area contributed by atoms with Crippen molar-refractivity contribution in [1.82, 2.24) is 0 Å². The molecule has 1 aromatic rings. The second-order valence-corrected chi connectivity index (χ2v) is 4.63. The molecule has 0 saturated heterocycles. The van der Waals surface area contributed by atoms with E-state index in [1.165, 1.54) is 0 Å². The van der Waals surface area contributed by atoms with E-state index in [1.807, 2.05) is 31.2 Å². The van der Waals surface area contributed by atoms with E-state index in [2.05, 4.69) is 5.32 Å². The quantitative estimate of drug-likeness (QED) is 0.853. The monoisotopic (exact) mass is 254 g/mol. The highest BCUT2D eigenvalue weighted by molar-refractivity contribution is 5.98. The van der Waals surface area contributed by atoms with E-state index >= 15 is 0 Å². The van der Waals surface area contributed by atoms with Crippen molar-refractivity contribution in [1.29, 1.82) is 0 Å². The van der Waals surface area contributed by atoms with Gasteiger partial charge in [0.05, 0.1) is 5.54 Å². The van der Waals surface area contributed by atoms with E-state index in [0.29, 0.717) is 0 Å². The number of hydrogen-bond donors (Lipinski definition) is 2. The number of halogens is 1. The minimum Gasteiger partial charge on any atom is -0.324 e. The molecule has 1 aliphatic carbocycles. The predicted octanol–water partition coefficient (Wildman–Crippen LogP) is 2.63. The molecule has 1 aliphatic rings. The molecule has 0 aromatic heterocycles. The van der Waals surface area contributed by atoms with Crippen LogP contribution in [0.1, 0.15) is 31.2 Å². The fourth-order valence-electron chi connectivity index (χ4n) is 2.19. The third-order valence-electron chi connectivity index (χ3n) is 3.34. The molecule has 2 rings (SSSR count). The molecule has 17 heavy (non-hydrogen) atoms. The third-order valence-corrected chi connectivity index (χ3v) is 3.34. The van der Waals surface area contributed by atoms with Crippen LogP contribution in [0.15, 0.2) is 24.3 Å². The third kappa shape index (κ3) is 2.99. The van der Waals surface area contributed by atoms with E-state index in [1.54, 1.807) is 0 Å². The minimum atomic E-state index is -0.651. The molecule has 1 amide bonds. The summed E-state index contributed by atoms with van der Waals surface area (Å²) in [5.74, 6) is -0.0423. The molecule has 0 radical (unpaired) electrons. The van der Waals surface area contributed by atoms with Gasteiger partial charge in [-0.15, -0.1) is 12.4 Å². The number of para-hydroxylation sites is 1. The number of anilines is 1. The lowest BCUT2D eigenvalue weighted by molar-refractivity contribution is -0.121. The maximum absolute atomic E-state index is 12.1. The van der Waals surface area contributed by atoms with Gasteiger partial charge in [0, 0.05) is 5.69 Å². The van der Waals surface area contributed by atoms with Crippen LogP contribution in [0.3, 0.4) is 0 Å². The summed E-state index contributed by atoms with van der Waals surface area (Å²) in [5.41, 5.74) is 7.37. The Hall–Kier alpha value is -1.06. The van der Waals surface area contributed by atoms with Crippen LogP contribution in [0, 0.1) is 6.92 Å². The van der Waals surface area contributed by atoms with Crippen LogP contribution in [0.4, 0.5) is 5.69 Å². The van der Waals surface area contributed by atoms with Crippen molar-refractivity contribution in [2.24, 2.45) is 5.73 Å². The minimum absolute atomic E-state index is 0. The van der Waals surface area contributed by atoms with Gasteiger partial charge in [0.25, 0.3) is 0 Å². The van der Waals surface area contributed by atoms with Crippen LogP contribution in [-0.4, -0.2) is 11.4 Å². The number of aryl methyl sites for hydroxylation is 1. The van der Waals surface area contributed by atoms with Crippen molar-refractivity contribution in [3.05, 3.63) is 29.8 Å². The summed E-state index contributed by atoms with van der Waals surface area (Å²) >= 11 is 0. The predicted molar refractivity (Wildman–Crippen MR) is 72.4 cm³/mol. The first-order chi connectivity index (χ1) is 7.62. The van der Waals surface area contributed by atoms with Gasteiger partial charge in [-0.05, 0) is 31.4 Å². The summed E-state index contributed by atoms with van der Waals surface area (Å²) in [6.45, 7) is 1.98. The van der Waals surface area contributed by atoms with Gasteiger partial charge in [-0.25, -0.2) is 0 Å². The molecule has 0 bridgehead atoms. The Morgan fingerprint density at radius 2 is 1.88 bits per heavy atom. The summed E-state index contributed by atoms with van der Waals surface area (Å²) in [7, 11) is 0. The maximum Gasteiger partial charge on any atom is 0.244 e. The molecule has 0 heterocycles. The van der Waals surface area contributed by atoms with Gasteiger partial charge < -0.3 is 11.1 Å². The highest BCUT2D eigenvalue weighted by Crippen LogP contribution is 2.28. The normalized spacial score (nSPS) is 17.3. The zero-order valence-corrected chi connectivity index (χ0v) is 10.8. The fourth-order valence-corrected chi connectivity index (χ4v) is 2.19. The lowest BCUT2D eigenvalue weighted by atomic mass is 9.98. The second kappa shape index (κ2) is 5.52. The van der Waals surface area contributed by atoms with E-state index in [0.717, 1.165) is 36.9 Å². The molecule has 0 atom stereocenters. The van der Waals surface area contributed by atoms with E-state index < -0.39 is 5.54 Å². The number of hydrogen-bond acceptors (Lipinski definition) is 2. The Morgan fingerprint density at radius 1 is 1.29 bits per heavy atom. The number of nitrogens with two attached hydrogens (primary N) is 1. The van der Waals surface area contributed by atoms with Crippen molar-refractivity contribution in [3.63, 3.8) is 0 Å². The maximum atomic E-state index is 12.1. The van der Waals surface area contributed by atoms with Gasteiger partial charge in [0.15, 0.2) is 0 Å². The molecule has 94 valence electrons. The van der Waals surface area contributed by atoms with Gasteiger partial charge in [0.1, 0.15) is 0 Å². The van der Waals surface area contributed by atoms with Crippen LogP contribution < -0.4 is 11.1 Å². The zero-order chi connectivity index (χ0) is 11.6. The number of nitrogens with one attached hydrogen (secondary N) is 1. The molecular formula is C13H19ClN2O. The van der Waals surface area contributed by atoms with Crippen molar-refractivity contribution in [3.8, 4) is 0 Å². The van der Waals surface area contributed by atoms with Crippen LogP contribution >= 0.6 is 12.4 Å². The van der Waals surface area contributed by atoms with Gasteiger partial charge in [-0.3, -0.25) is 4.79 Å². The van der Waals surface area contributed by atoms with Gasteiger partial charge in [-0.2, -0.15) is 0 Å². The molecular weight excluding hydrogens is 236 g/mol. The zero-order valence-electron chi connectivity index (χ0n) is 10.0. The van der Waals surface area contributed by atoms with E-state index in [4.69, 9.17) is 5.73 Å². The molecule has 0 aliphatic heterocycles. The standard InChI is InChI=1S/C13H18N2O.ClH/c1-10-6-2-3-7-11(10)15-12(16)13(14)8-4-5-9-13;/h2-3,6-7H,4-5,8-9,14H2,1H3,(H,15,16);1H. The highest BCUT2D eigenvalue weighted by atomic mass is 35.5. The van der Waals surface area contributed by atoms with Gasteiger partial charge >= 0.3 is 0 Å². The highest BCUT2D eigenvalue weighted by Gasteiger charge is 2.36. The first-order valence-corrected chi connectivity index (χ1v) is 5.78. The van der Waals surface area contributed by atoms with Crippen LogP contribution in [0.5, 0.6) is 0 Å². The van der Waals surface area contributed by atoms with E-state index in [-0.39, 0.29) is 18.3 Å². The molecule has 4 heteroatoms. The van der Waals surface area contributed by atoms with E-state index in [9.17, 15) is 4.79 Å². The Balaban J connectivity index is 0.00000144. The summed E-state index contributed by atoms with van der Waals surface area (Å²) < 4.78 is 0. The Kier molecular flexibility index (Phi) is 4.54. The lowest BCUT2D eigenvalue weighted by Crippen LogP contribution is -2.48. The molecule has 3 N–H and O–H groups in total. The molecule has 1 saturated carbocycles. The van der Waals surface area contributed by atoms with Crippen LogP contribution in [0.2, 0.25) is 0 Å². The first-order valence-electron chi connectivity index (χ1n) is 5.78. The smallest absolute Gasteiger partial charge is 0.244 e. The summed E-state index contributed by atoms with van der Waals surface area (Å²) in [6.07, 6.45) is 3.70. The fraction of sp³-hybridized carbons (Fsp3) is 0.462. The summed E-state index contributed by atoms with van der Waals surface area (Å²) in [6, 6.07) is 7.76. The Bertz CT molecular complexity index is 400. The Labute approximate surface area is 108 Å². The van der Waals surface area contributed by atoms with Gasteiger partial charge in [0.2, 0.25) is 5.91 Å². The van der Waals surface area contributed by atoms with Crippen LogP contribution in [-0.2, 0) is 4.79 Å².